The molecule has 2 aromatic rings. The van der Waals surface area contributed by atoms with E-state index in [2.05, 4.69) is 11.6 Å². The third-order valence-corrected chi connectivity index (χ3v) is 4.98. The number of sulfonamides is 1. The molecule has 0 radical (unpaired) electrons. The molecular weight excluding hydrogens is 284 g/mol. The Kier molecular flexibility index (Phi) is 4.98. The van der Waals surface area contributed by atoms with Crippen molar-refractivity contribution in [2.75, 3.05) is 12.3 Å². The molecule has 0 bridgehead atoms. The monoisotopic (exact) mass is 304 g/mol. The maximum Gasteiger partial charge on any atom is 0.242 e. The first kappa shape index (κ1) is 15.5. The van der Waals surface area contributed by atoms with Crippen molar-refractivity contribution in [3.8, 4) is 0 Å². The van der Waals surface area contributed by atoms with Crippen molar-refractivity contribution in [1.29, 1.82) is 0 Å². The van der Waals surface area contributed by atoms with Gasteiger partial charge in [0.05, 0.1) is 5.69 Å². The summed E-state index contributed by atoms with van der Waals surface area (Å²) in [4.78, 5) is 0.136. The minimum Gasteiger partial charge on any atom is -0.398 e. The summed E-state index contributed by atoms with van der Waals surface area (Å²) in [6, 6.07) is 16.5. The van der Waals surface area contributed by atoms with Crippen molar-refractivity contribution in [2.24, 2.45) is 0 Å². The molecule has 0 aliphatic carbocycles. The second-order valence-corrected chi connectivity index (χ2v) is 6.77. The van der Waals surface area contributed by atoms with Crippen LogP contribution in [-0.2, 0) is 10.0 Å². The second kappa shape index (κ2) is 6.74. The highest BCUT2D eigenvalue weighted by atomic mass is 32.2. The van der Waals surface area contributed by atoms with Crippen LogP contribution in [0.5, 0.6) is 0 Å². The smallest absolute Gasteiger partial charge is 0.242 e. The summed E-state index contributed by atoms with van der Waals surface area (Å²) < 4.78 is 27.0. The lowest BCUT2D eigenvalue weighted by molar-refractivity contribution is 0.573. The number of nitrogens with one attached hydrogen (secondary N) is 1. The summed E-state index contributed by atoms with van der Waals surface area (Å²) in [5, 5.41) is 0. The van der Waals surface area contributed by atoms with Crippen molar-refractivity contribution < 1.29 is 8.42 Å². The molecule has 1 atom stereocenters. The highest BCUT2D eigenvalue weighted by Gasteiger charge is 2.16. The standard InChI is InChI=1S/C16H20N2O2S/c1-13(14-7-3-2-4-8-14)11-12-18-21(19,20)16-10-6-5-9-15(16)17/h2-10,13,18H,11-12,17H2,1H3. The fourth-order valence-corrected chi connectivity index (χ4v) is 3.34. The highest BCUT2D eigenvalue weighted by Crippen LogP contribution is 2.19. The van der Waals surface area contributed by atoms with Crippen LogP contribution in [0.15, 0.2) is 59.5 Å². The van der Waals surface area contributed by atoms with Gasteiger partial charge < -0.3 is 5.73 Å². The van der Waals surface area contributed by atoms with E-state index in [1.807, 2.05) is 30.3 Å². The lowest BCUT2D eigenvalue weighted by Crippen LogP contribution is -2.26. The molecule has 0 spiro atoms. The van der Waals surface area contributed by atoms with E-state index in [0.29, 0.717) is 12.5 Å². The van der Waals surface area contributed by atoms with Gasteiger partial charge in [0, 0.05) is 6.54 Å². The number of hydrogen-bond acceptors (Lipinski definition) is 3. The van der Waals surface area contributed by atoms with Gasteiger partial charge in [0.15, 0.2) is 0 Å². The van der Waals surface area contributed by atoms with Crippen LogP contribution in [0.1, 0.15) is 24.8 Å². The highest BCUT2D eigenvalue weighted by molar-refractivity contribution is 7.89. The lowest BCUT2D eigenvalue weighted by Gasteiger charge is -2.13. The van der Waals surface area contributed by atoms with E-state index in [4.69, 9.17) is 5.73 Å². The molecule has 1 unspecified atom stereocenters. The number of nitrogens with two attached hydrogens (primary N) is 1. The molecule has 0 saturated carbocycles. The van der Waals surface area contributed by atoms with Gasteiger partial charge in [-0.05, 0) is 30.0 Å². The van der Waals surface area contributed by atoms with Crippen molar-refractivity contribution >= 4 is 15.7 Å². The third-order valence-electron chi connectivity index (χ3n) is 3.45. The number of benzene rings is 2. The maximum absolute atomic E-state index is 12.2. The number of nitrogen functional groups attached to an aromatic ring is 1. The quantitative estimate of drug-likeness (QED) is 0.806. The largest absolute Gasteiger partial charge is 0.398 e. The summed E-state index contributed by atoms with van der Waals surface area (Å²) in [7, 11) is -3.54. The average molecular weight is 304 g/mol. The Morgan fingerprint density at radius 2 is 1.67 bits per heavy atom. The van der Waals surface area contributed by atoms with Gasteiger partial charge in [0.2, 0.25) is 10.0 Å². The van der Waals surface area contributed by atoms with Gasteiger partial charge in [-0.15, -0.1) is 0 Å². The van der Waals surface area contributed by atoms with Crippen molar-refractivity contribution in [2.45, 2.75) is 24.2 Å². The molecule has 2 aromatic carbocycles. The summed E-state index contributed by atoms with van der Waals surface area (Å²) >= 11 is 0. The van der Waals surface area contributed by atoms with E-state index in [9.17, 15) is 8.42 Å². The average Bonchev–Trinajstić information content (AvgIpc) is 2.48. The summed E-state index contributed by atoms with van der Waals surface area (Å²) in [6.07, 6.45) is 0.732. The second-order valence-electron chi connectivity index (χ2n) is 5.04. The maximum atomic E-state index is 12.2. The Labute approximate surface area is 126 Å². The topological polar surface area (TPSA) is 72.2 Å². The molecule has 0 amide bonds. The zero-order chi connectivity index (χ0) is 15.3. The summed E-state index contributed by atoms with van der Waals surface area (Å²) in [6.45, 7) is 2.47. The Morgan fingerprint density at radius 3 is 2.33 bits per heavy atom. The number of rotatable bonds is 6. The first-order valence-electron chi connectivity index (χ1n) is 6.90. The Bertz CT molecular complexity index is 684. The van der Waals surface area contributed by atoms with Crippen LogP contribution in [0.4, 0.5) is 5.69 Å². The van der Waals surface area contributed by atoms with Gasteiger partial charge >= 0.3 is 0 Å². The van der Waals surface area contributed by atoms with E-state index >= 15 is 0 Å². The summed E-state index contributed by atoms with van der Waals surface area (Å²) in [5.74, 6) is 0.294. The Balaban J connectivity index is 1.96. The van der Waals surface area contributed by atoms with Crippen molar-refractivity contribution in [3.05, 3.63) is 60.2 Å². The van der Waals surface area contributed by atoms with Crippen LogP contribution < -0.4 is 10.5 Å². The Hall–Kier alpha value is -1.85. The van der Waals surface area contributed by atoms with E-state index in [0.717, 1.165) is 6.42 Å². The normalized spacial score (nSPS) is 13.0. The number of hydrogen-bond donors (Lipinski definition) is 2. The molecule has 0 heterocycles. The minimum atomic E-state index is -3.54. The fraction of sp³-hybridized carbons (Fsp3) is 0.250. The molecular formula is C16H20N2O2S. The predicted octanol–water partition coefficient (Wildman–Crippen LogP) is 2.74. The molecule has 2 rings (SSSR count). The molecule has 0 fully saturated rings. The Morgan fingerprint density at radius 1 is 1.05 bits per heavy atom. The van der Waals surface area contributed by atoms with Crippen LogP contribution in [0.25, 0.3) is 0 Å². The molecule has 112 valence electrons. The summed E-state index contributed by atoms with van der Waals surface area (Å²) in [5.41, 5.74) is 7.18. The van der Waals surface area contributed by atoms with Gasteiger partial charge in [-0.1, -0.05) is 49.4 Å². The number of anilines is 1. The SMILES string of the molecule is CC(CCNS(=O)(=O)c1ccccc1N)c1ccccc1. The van der Waals surface area contributed by atoms with Gasteiger partial charge in [-0.25, -0.2) is 13.1 Å². The van der Waals surface area contributed by atoms with E-state index in [-0.39, 0.29) is 10.6 Å². The van der Waals surface area contributed by atoms with Gasteiger partial charge in [0.25, 0.3) is 0 Å². The lowest BCUT2D eigenvalue weighted by atomic mass is 9.98. The molecule has 0 saturated heterocycles. The number of para-hydroxylation sites is 1. The van der Waals surface area contributed by atoms with Crippen LogP contribution in [0.3, 0.4) is 0 Å². The zero-order valence-electron chi connectivity index (χ0n) is 12.0. The fourth-order valence-electron chi connectivity index (χ4n) is 2.16. The van der Waals surface area contributed by atoms with Crippen LogP contribution in [-0.4, -0.2) is 15.0 Å². The van der Waals surface area contributed by atoms with Crippen LogP contribution in [0.2, 0.25) is 0 Å². The van der Waals surface area contributed by atoms with Crippen molar-refractivity contribution in [1.82, 2.24) is 4.72 Å². The van der Waals surface area contributed by atoms with E-state index in [1.54, 1.807) is 18.2 Å². The van der Waals surface area contributed by atoms with E-state index < -0.39 is 10.0 Å². The molecule has 21 heavy (non-hydrogen) atoms. The molecule has 0 aliphatic rings. The first-order chi connectivity index (χ1) is 10.0. The molecule has 0 aromatic heterocycles. The third kappa shape index (κ3) is 4.06. The zero-order valence-corrected chi connectivity index (χ0v) is 12.8. The molecule has 0 aliphatic heterocycles. The predicted molar refractivity (Wildman–Crippen MR) is 85.5 cm³/mol. The van der Waals surface area contributed by atoms with E-state index in [1.165, 1.54) is 11.6 Å². The first-order valence-corrected chi connectivity index (χ1v) is 8.38. The van der Waals surface area contributed by atoms with Gasteiger partial charge in [-0.3, -0.25) is 0 Å². The minimum absolute atomic E-state index is 0.136. The van der Waals surface area contributed by atoms with Crippen molar-refractivity contribution in [3.63, 3.8) is 0 Å². The molecule has 3 N–H and O–H groups in total. The molecule has 5 heteroatoms. The van der Waals surface area contributed by atoms with Gasteiger partial charge in [0.1, 0.15) is 4.90 Å². The van der Waals surface area contributed by atoms with Gasteiger partial charge in [-0.2, -0.15) is 0 Å². The van der Waals surface area contributed by atoms with Crippen LogP contribution in [0, 0.1) is 0 Å². The molecule has 4 nitrogen and oxygen atoms in total. The van der Waals surface area contributed by atoms with Crippen LogP contribution >= 0.6 is 0 Å².